The van der Waals surface area contributed by atoms with Crippen LogP contribution >= 0.6 is 0 Å². The van der Waals surface area contributed by atoms with Crippen LogP contribution in [0.4, 0.5) is 0 Å². The monoisotopic (exact) mass is 562 g/mol. The Labute approximate surface area is 208 Å². The van der Waals surface area contributed by atoms with Gasteiger partial charge < -0.3 is 0 Å². The minimum atomic E-state index is -3.73. The zero-order chi connectivity index (χ0) is 26.5. The molecule has 0 aromatic carbocycles. The van der Waals surface area contributed by atoms with Crippen molar-refractivity contribution in [3.05, 3.63) is 16.0 Å². The number of sulfone groups is 4. The summed E-state index contributed by atoms with van der Waals surface area (Å²) in [6.45, 7) is 4.90. The summed E-state index contributed by atoms with van der Waals surface area (Å²) in [6, 6.07) is 0. The van der Waals surface area contributed by atoms with Crippen molar-refractivity contribution in [2.45, 2.75) is 90.2 Å². The Morgan fingerprint density at radius 2 is 1.21 bits per heavy atom. The highest BCUT2D eigenvalue weighted by Crippen LogP contribution is 2.19. The lowest BCUT2D eigenvalue weighted by Gasteiger charge is -2.09. The lowest BCUT2D eigenvalue weighted by Crippen LogP contribution is -2.17. The normalized spacial score (nSPS) is 13.1. The Morgan fingerprint density at radius 3 is 1.71 bits per heavy atom. The maximum absolute atomic E-state index is 12.9. The predicted molar refractivity (Wildman–Crippen MR) is 140 cm³/mol. The van der Waals surface area contributed by atoms with E-state index in [2.05, 4.69) is 5.73 Å². The van der Waals surface area contributed by atoms with Crippen molar-refractivity contribution in [3.8, 4) is 0 Å². The van der Waals surface area contributed by atoms with Crippen LogP contribution in [0.25, 0.3) is 0 Å². The summed E-state index contributed by atoms with van der Waals surface area (Å²) in [6.07, 6.45) is 6.26. The van der Waals surface area contributed by atoms with Crippen LogP contribution in [-0.4, -0.2) is 68.2 Å². The van der Waals surface area contributed by atoms with Crippen molar-refractivity contribution >= 4 is 39.3 Å². The first-order valence-corrected chi connectivity index (χ1v) is 19.0. The molecule has 0 aromatic rings. The SMILES string of the molecule is CCCS(=O)(=O)C=C=C(CCCCS(=O)(=O)C(C)C)S(=O)(=O)CCCCCCCCS(C)(=O)=O. The zero-order valence-corrected chi connectivity index (χ0v) is 24.2. The number of allylic oxidation sites excluding steroid dienone is 1. The van der Waals surface area contributed by atoms with Crippen molar-refractivity contribution in [1.29, 1.82) is 0 Å². The fourth-order valence-corrected chi connectivity index (χ4v) is 7.54. The Bertz CT molecular complexity index is 1090. The molecule has 34 heavy (non-hydrogen) atoms. The van der Waals surface area contributed by atoms with E-state index in [1.165, 1.54) is 6.26 Å². The van der Waals surface area contributed by atoms with Crippen molar-refractivity contribution in [2.75, 3.05) is 29.3 Å². The Balaban J connectivity index is 5.03. The standard InChI is InChI=1S/C22H42O8S4/c1-5-16-32(25,26)20-15-22(14-10-13-18-33(27,28)21(2)3)34(29,30)19-12-9-7-6-8-11-17-31(4,23)24/h20-21H,5-14,16-19H2,1-4H3. The molecule has 0 fully saturated rings. The summed E-state index contributed by atoms with van der Waals surface area (Å²) < 4.78 is 95.9. The molecule has 8 nitrogen and oxygen atoms in total. The molecule has 202 valence electrons. The minimum Gasteiger partial charge on any atom is -0.229 e. The van der Waals surface area contributed by atoms with Gasteiger partial charge in [0.05, 0.1) is 32.8 Å². The molecule has 0 amide bonds. The van der Waals surface area contributed by atoms with Gasteiger partial charge in [-0.1, -0.05) is 38.3 Å². The van der Waals surface area contributed by atoms with E-state index in [0.29, 0.717) is 32.1 Å². The van der Waals surface area contributed by atoms with Crippen molar-refractivity contribution in [3.63, 3.8) is 0 Å². The quantitative estimate of drug-likeness (QED) is 0.172. The number of hydrogen-bond acceptors (Lipinski definition) is 8. The summed E-state index contributed by atoms with van der Waals surface area (Å²) in [5.74, 6) is -0.125. The molecular formula is C22H42O8S4. The van der Waals surface area contributed by atoms with Gasteiger partial charge in [0.25, 0.3) is 0 Å². The fourth-order valence-electron chi connectivity index (χ4n) is 3.13. The molecule has 0 aliphatic rings. The molecular weight excluding hydrogens is 521 g/mol. The van der Waals surface area contributed by atoms with Crippen LogP contribution in [0.1, 0.15) is 85.0 Å². The highest BCUT2D eigenvalue weighted by Gasteiger charge is 2.19. The van der Waals surface area contributed by atoms with E-state index in [9.17, 15) is 33.7 Å². The molecule has 0 unspecified atom stereocenters. The average Bonchev–Trinajstić information content (AvgIpc) is 2.68. The largest absolute Gasteiger partial charge is 0.229 e. The van der Waals surface area contributed by atoms with E-state index in [1.54, 1.807) is 20.8 Å². The van der Waals surface area contributed by atoms with Crippen LogP contribution < -0.4 is 0 Å². The van der Waals surface area contributed by atoms with Crippen LogP contribution in [-0.2, 0) is 39.3 Å². The van der Waals surface area contributed by atoms with E-state index in [1.807, 2.05) is 0 Å². The predicted octanol–water partition coefficient (Wildman–Crippen LogP) is 3.60. The van der Waals surface area contributed by atoms with Crippen LogP contribution in [0.3, 0.4) is 0 Å². The van der Waals surface area contributed by atoms with Gasteiger partial charge in [-0.25, -0.2) is 33.7 Å². The third-order valence-electron chi connectivity index (χ3n) is 5.24. The van der Waals surface area contributed by atoms with Crippen LogP contribution in [0.5, 0.6) is 0 Å². The summed E-state index contributed by atoms with van der Waals surface area (Å²) in [7, 11) is -13.5. The lowest BCUT2D eigenvalue weighted by atomic mass is 10.1. The molecule has 12 heteroatoms. The van der Waals surface area contributed by atoms with Gasteiger partial charge in [-0.2, -0.15) is 0 Å². The fraction of sp³-hybridized carbons (Fsp3) is 0.864. The molecule has 0 aliphatic carbocycles. The average molecular weight is 563 g/mol. The van der Waals surface area contributed by atoms with Gasteiger partial charge in [-0.15, -0.1) is 0 Å². The van der Waals surface area contributed by atoms with E-state index >= 15 is 0 Å². The third kappa shape index (κ3) is 16.1. The number of rotatable bonds is 19. The molecule has 0 rings (SSSR count). The molecule has 0 saturated carbocycles. The first-order valence-electron chi connectivity index (χ1n) is 11.8. The van der Waals surface area contributed by atoms with Gasteiger partial charge in [0, 0.05) is 12.0 Å². The molecule has 0 aromatic heterocycles. The van der Waals surface area contributed by atoms with E-state index < -0.39 is 44.6 Å². The smallest absolute Gasteiger partial charge is 0.181 e. The first kappa shape index (κ1) is 33.3. The summed E-state index contributed by atoms with van der Waals surface area (Å²) in [5, 5.41) is 0.326. The van der Waals surface area contributed by atoms with E-state index in [-0.39, 0.29) is 40.8 Å². The van der Waals surface area contributed by atoms with E-state index in [4.69, 9.17) is 0 Å². The molecule has 0 heterocycles. The summed E-state index contributed by atoms with van der Waals surface area (Å²) in [5.41, 5.74) is 2.50. The molecule has 0 N–H and O–H groups in total. The topological polar surface area (TPSA) is 137 Å². The number of unbranched alkanes of at least 4 members (excludes halogenated alkanes) is 6. The second kappa shape index (κ2) is 15.4. The second-order valence-electron chi connectivity index (χ2n) is 9.00. The summed E-state index contributed by atoms with van der Waals surface area (Å²) >= 11 is 0. The molecule has 0 aliphatic heterocycles. The summed E-state index contributed by atoms with van der Waals surface area (Å²) in [4.78, 5) is -0.0951. The minimum absolute atomic E-state index is 0.0413. The maximum Gasteiger partial charge on any atom is 0.181 e. The molecule has 0 saturated heterocycles. The van der Waals surface area contributed by atoms with Gasteiger partial charge in [-0.05, 0) is 52.4 Å². The second-order valence-corrected chi connectivity index (χ2v) is 18.0. The van der Waals surface area contributed by atoms with Crippen molar-refractivity contribution in [1.82, 2.24) is 0 Å². The van der Waals surface area contributed by atoms with Crippen LogP contribution in [0, 0.1) is 0 Å². The van der Waals surface area contributed by atoms with Crippen LogP contribution in [0.2, 0.25) is 0 Å². The highest BCUT2D eigenvalue weighted by atomic mass is 32.2. The first-order chi connectivity index (χ1) is 15.5. The van der Waals surface area contributed by atoms with Gasteiger partial charge in [0.2, 0.25) is 0 Å². The highest BCUT2D eigenvalue weighted by molar-refractivity contribution is 7.95. The maximum atomic E-state index is 12.9. The zero-order valence-electron chi connectivity index (χ0n) is 21.0. The van der Waals surface area contributed by atoms with Crippen molar-refractivity contribution < 1.29 is 33.7 Å². The molecule has 0 radical (unpaired) electrons. The Kier molecular flexibility index (Phi) is 15.1. The van der Waals surface area contributed by atoms with Crippen LogP contribution in [0.15, 0.2) is 16.0 Å². The number of hydrogen-bond donors (Lipinski definition) is 0. The third-order valence-corrected chi connectivity index (χ3v) is 11.9. The van der Waals surface area contributed by atoms with Gasteiger partial charge in [0.15, 0.2) is 29.5 Å². The lowest BCUT2D eigenvalue weighted by molar-refractivity contribution is 0.578. The molecule has 0 spiro atoms. The molecule has 0 atom stereocenters. The molecule has 0 bridgehead atoms. The van der Waals surface area contributed by atoms with Gasteiger partial charge in [0.1, 0.15) is 9.84 Å². The van der Waals surface area contributed by atoms with Gasteiger partial charge in [-0.3, -0.25) is 0 Å². The van der Waals surface area contributed by atoms with Gasteiger partial charge >= 0.3 is 0 Å². The Hall–Kier alpha value is -0.680. The van der Waals surface area contributed by atoms with Crippen molar-refractivity contribution in [2.24, 2.45) is 0 Å². The van der Waals surface area contributed by atoms with E-state index in [0.717, 1.165) is 24.7 Å². The Morgan fingerprint density at radius 1 is 0.706 bits per heavy atom.